The summed E-state index contributed by atoms with van der Waals surface area (Å²) in [5.74, 6) is -0.846. The summed E-state index contributed by atoms with van der Waals surface area (Å²) in [6.07, 6.45) is 72.3. The molecule has 0 aromatic rings. The molecule has 0 rings (SSSR count). The molecule has 0 N–H and O–H groups in total. The molecular formula is C66H126O6. The van der Waals surface area contributed by atoms with Gasteiger partial charge in [0, 0.05) is 19.3 Å². The minimum absolute atomic E-state index is 0.0661. The number of carbonyl (C=O) groups is 3. The predicted molar refractivity (Wildman–Crippen MR) is 312 cm³/mol. The first-order valence-electron chi connectivity index (χ1n) is 32.7. The molecule has 0 radical (unpaired) electrons. The Morgan fingerprint density at radius 2 is 0.458 bits per heavy atom. The van der Waals surface area contributed by atoms with Crippen molar-refractivity contribution in [1.29, 1.82) is 0 Å². The van der Waals surface area contributed by atoms with Crippen LogP contribution >= 0.6 is 0 Å². The number of hydrogen-bond acceptors (Lipinski definition) is 6. The molecule has 0 fully saturated rings. The Bertz CT molecular complexity index is 1120. The highest BCUT2D eigenvalue weighted by atomic mass is 16.6. The van der Waals surface area contributed by atoms with Gasteiger partial charge in [-0.25, -0.2) is 0 Å². The Morgan fingerprint density at radius 1 is 0.264 bits per heavy atom. The fourth-order valence-corrected chi connectivity index (χ4v) is 10.1. The number of rotatable bonds is 61. The molecule has 0 aliphatic rings. The van der Waals surface area contributed by atoms with Crippen LogP contribution in [0.15, 0.2) is 12.2 Å². The molecule has 72 heavy (non-hydrogen) atoms. The van der Waals surface area contributed by atoms with E-state index in [1.807, 2.05) is 0 Å². The van der Waals surface area contributed by atoms with Crippen molar-refractivity contribution >= 4 is 17.9 Å². The molecule has 0 aliphatic heterocycles. The van der Waals surface area contributed by atoms with E-state index in [-0.39, 0.29) is 31.1 Å². The first-order valence-corrected chi connectivity index (χ1v) is 32.7. The molecular weight excluding hydrogens is 889 g/mol. The van der Waals surface area contributed by atoms with Crippen molar-refractivity contribution in [3.63, 3.8) is 0 Å². The lowest BCUT2D eigenvalue weighted by atomic mass is 10.0. The minimum atomic E-state index is -0.768. The quantitative estimate of drug-likeness (QED) is 0.0261. The van der Waals surface area contributed by atoms with E-state index in [2.05, 4.69) is 32.9 Å². The first kappa shape index (κ1) is 70.1. The third kappa shape index (κ3) is 59.0. The van der Waals surface area contributed by atoms with Crippen LogP contribution in [0, 0.1) is 0 Å². The number of hydrogen-bond donors (Lipinski definition) is 0. The van der Waals surface area contributed by atoms with Gasteiger partial charge in [-0.1, -0.05) is 322 Å². The van der Waals surface area contributed by atoms with Crippen molar-refractivity contribution in [2.75, 3.05) is 13.2 Å². The summed E-state index contributed by atoms with van der Waals surface area (Å²) in [6.45, 7) is 6.69. The SMILES string of the molecule is CCCCC/C=C\CCCCCCCC(=O)OCC(COC(=O)CCCCCCCCCCCCCCCCCCCCCCCCCCC)OC(=O)CCCCCCCCCCCCCCCCCCC. The summed E-state index contributed by atoms with van der Waals surface area (Å²) in [6, 6.07) is 0. The van der Waals surface area contributed by atoms with E-state index in [0.29, 0.717) is 19.3 Å². The third-order valence-electron chi connectivity index (χ3n) is 15.0. The van der Waals surface area contributed by atoms with Crippen molar-refractivity contribution in [1.82, 2.24) is 0 Å². The Balaban J connectivity index is 4.18. The number of unbranched alkanes of at least 4 members (excludes halogenated alkanes) is 48. The molecule has 0 saturated carbocycles. The van der Waals surface area contributed by atoms with Gasteiger partial charge in [0.15, 0.2) is 6.10 Å². The number of carbonyl (C=O) groups excluding carboxylic acids is 3. The minimum Gasteiger partial charge on any atom is -0.462 e. The van der Waals surface area contributed by atoms with Gasteiger partial charge < -0.3 is 14.2 Å². The van der Waals surface area contributed by atoms with Gasteiger partial charge in [0.2, 0.25) is 0 Å². The van der Waals surface area contributed by atoms with Crippen molar-refractivity contribution in [2.45, 2.75) is 380 Å². The fourth-order valence-electron chi connectivity index (χ4n) is 10.1. The molecule has 0 aliphatic carbocycles. The van der Waals surface area contributed by atoms with E-state index in [9.17, 15) is 14.4 Å². The smallest absolute Gasteiger partial charge is 0.306 e. The molecule has 0 amide bonds. The monoisotopic (exact) mass is 1010 g/mol. The van der Waals surface area contributed by atoms with Crippen molar-refractivity contribution in [3.05, 3.63) is 12.2 Å². The lowest BCUT2D eigenvalue weighted by Gasteiger charge is -2.18. The molecule has 1 atom stereocenters. The van der Waals surface area contributed by atoms with Crippen LogP contribution in [0.2, 0.25) is 0 Å². The summed E-state index contributed by atoms with van der Waals surface area (Å²) in [5, 5.41) is 0. The average Bonchev–Trinajstić information content (AvgIpc) is 3.38. The first-order chi connectivity index (χ1) is 35.5. The molecule has 0 heterocycles. The topological polar surface area (TPSA) is 78.9 Å². The van der Waals surface area contributed by atoms with Gasteiger partial charge in [-0.3, -0.25) is 14.4 Å². The van der Waals surface area contributed by atoms with E-state index >= 15 is 0 Å². The maximum absolute atomic E-state index is 12.9. The van der Waals surface area contributed by atoms with Crippen LogP contribution in [0.1, 0.15) is 374 Å². The highest BCUT2D eigenvalue weighted by molar-refractivity contribution is 5.71. The summed E-state index contributed by atoms with van der Waals surface area (Å²) < 4.78 is 16.9. The molecule has 0 aromatic carbocycles. The van der Waals surface area contributed by atoms with Gasteiger partial charge >= 0.3 is 17.9 Å². The highest BCUT2D eigenvalue weighted by Gasteiger charge is 2.19. The molecule has 0 aromatic heterocycles. The fraction of sp³-hybridized carbons (Fsp3) is 0.924. The molecule has 1 unspecified atom stereocenters. The molecule has 0 bridgehead atoms. The maximum Gasteiger partial charge on any atom is 0.306 e. The van der Waals surface area contributed by atoms with Crippen molar-refractivity contribution in [2.24, 2.45) is 0 Å². The van der Waals surface area contributed by atoms with Crippen molar-refractivity contribution < 1.29 is 28.6 Å². The zero-order chi connectivity index (χ0) is 52.2. The summed E-state index contributed by atoms with van der Waals surface area (Å²) >= 11 is 0. The van der Waals surface area contributed by atoms with E-state index in [1.165, 1.54) is 270 Å². The molecule has 6 nitrogen and oxygen atoms in total. The maximum atomic E-state index is 12.9. The van der Waals surface area contributed by atoms with Gasteiger partial charge in [-0.05, 0) is 44.9 Å². The Labute approximate surface area is 450 Å². The number of allylic oxidation sites excluding steroid dienone is 2. The van der Waals surface area contributed by atoms with Crippen LogP contribution in [0.5, 0.6) is 0 Å². The molecule has 0 saturated heterocycles. The largest absolute Gasteiger partial charge is 0.462 e. The van der Waals surface area contributed by atoms with Crippen LogP contribution in [0.4, 0.5) is 0 Å². The lowest BCUT2D eigenvalue weighted by Crippen LogP contribution is -2.30. The van der Waals surface area contributed by atoms with E-state index in [4.69, 9.17) is 14.2 Å². The van der Waals surface area contributed by atoms with Crippen LogP contribution in [0.25, 0.3) is 0 Å². The number of ether oxygens (including phenoxy) is 3. The summed E-state index contributed by atoms with van der Waals surface area (Å²) in [5.41, 5.74) is 0. The van der Waals surface area contributed by atoms with Gasteiger partial charge in [-0.15, -0.1) is 0 Å². The van der Waals surface area contributed by atoms with E-state index in [1.54, 1.807) is 0 Å². The Kier molecular flexibility index (Phi) is 60.1. The number of esters is 3. The van der Waals surface area contributed by atoms with Crippen LogP contribution in [0.3, 0.4) is 0 Å². The second-order valence-corrected chi connectivity index (χ2v) is 22.4. The zero-order valence-electron chi connectivity index (χ0n) is 49.0. The third-order valence-corrected chi connectivity index (χ3v) is 15.0. The predicted octanol–water partition coefficient (Wildman–Crippen LogP) is 22.1. The van der Waals surface area contributed by atoms with Gasteiger partial charge in [0.05, 0.1) is 0 Å². The van der Waals surface area contributed by atoms with E-state index < -0.39 is 6.10 Å². The average molecular weight is 1020 g/mol. The Morgan fingerprint density at radius 3 is 0.722 bits per heavy atom. The second kappa shape index (κ2) is 61.7. The normalized spacial score (nSPS) is 12.0. The van der Waals surface area contributed by atoms with Gasteiger partial charge in [0.25, 0.3) is 0 Å². The van der Waals surface area contributed by atoms with E-state index in [0.717, 1.165) is 64.2 Å². The molecule has 426 valence electrons. The standard InChI is InChI=1S/C66H126O6/c1-4-7-10-13-16-19-22-25-27-29-30-31-32-33-34-35-36-38-39-41-44-47-50-53-56-59-65(68)71-62-63(61-70-64(67)58-55-52-49-46-43-24-21-18-15-12-9-6-3)72-66(69)60-57-54-51-48-45-42-40-37-28-26-23-20-17-14-11-8-5-2/h18,21,63H,4-17,19-20,22-62H2,1-3H3/b21-18-. The summed E-state index contributed by atoms with van der Waals surface area (Å²) in [4.78, 5) is 38.2. The Hall–Kier alpha value is -1.85. The second-order valence-electron chi connectivity index (χ2n) is 22.4. The molecule has 0 spiro atoms. The van der Waals surface area contributed by atoms with Crippen LogP contribution in [-0.2, 0) is 28.6 Å². The highest BCUT2D eigenvalue weighted by Crippen LogP contribution is 2.18. The lowest BCUT2D eigenvalue weighted by molar-refractivity contribution is -0.167. The zero-order valence-corrected chi connectivity index (χ0v) is 49.0. The van der Waals surface area contributed by atoms with Gasteiger partial charge in [0.1, 0.15) is 13.2 Å². The summed E-state index contributed by atoms with van der Waals surface area (Å²) in [7, 11) is 0. The van der Waals surface area contributed by atoms with Gasteiger partial charge in [-0.2, -0.15) is 0 Å². The van der Waals surface area contributed by atoms with Crippen LogP contribution < -0.4 is 0 Å². The van der Waals surface area contributed by atoms with Crippen molar-refractivity contribution in [3.8, 4) is 0 Å². The van der Waals surface area contributed by atoms with Crippen LogP contribution in [-0.4, -0.2) is 37.2 Å². The molecule has 6 heteroatoms.